The molecule has 1 aliphatic heterocycles. The Labute approximate surface area is 120 Å². The van der Waals surface area contributed by atoms with Gasteiger partial charge >= 0.3 is 0 Å². The second-order valence-electron chi connectivity index (χ2n) is 4.84. The number of rotatable bonds is 1. The Morgan fingerprint density at radius 2 is 1.90 bits per heavy atom. The molecule has 0 atom stereocenters. The molecular weight excluding hydrogens is 270 g/mol. The Kier molecular flexibility index (Phi) is 2.44. The molecule has 21 heavy (non-hydrogen) atoms. The number of anilines is 1. The van der Waals surface area contributed by atoms with Crippen LogP contribution < -0.4 is 15.2 Å². The molecule has 0 radical (unpaired) electrons. The highest BCUT2D eigenvalue weighted by Gasteiger charge is 2.16. The fourth-order valence-corrected chi connectivity index (χ4v) is 2.43. The Hall–Kier alpha value is -2.89. The number of phenolic OH excluding ortho intramolecular Hbond substituents is 1. The number of nitrogens with two attached hydrogens (primary N) is 1. The van der Waals surface area contributed by atoms with Crippen molar-refractivity contribution in [2.24, 2.45) is 0 Å². The Morgan fingerprint density at radius 3 is 2.71 bits per heavy atom. The van der Waals surface area contributed by atoms with E-state index in [0.29, 0.717) is 41.8 Å². The van der Waals surface area contributed by atoms with Gasteiger partial charge in [-0.05, 0) is 12.1 Å². The average molecular weight is 283 g/mol. The van der Waals surface area contributed by atoms with Crippen molar-refractivity contribution in [3.63, 3.8) is 0 Å². The van der Waals surface area contributed by atoms with Gasteiger partial charge < -0.3 is 25.3 Å². The number of nitrogen functional groups attached to an aromatic ring is 1. The second kappa shape index (κ2) is 4.31. The standard InChI is InChI=1S/C15H13N3O3/c16-9-3-1-2-8(14(9)19)15-17-10-6-12-13(7-11(10)18-15)21-5-4-20-12/h1-3,6-7,19H,4-5,16H2,(H,17,18). The van der Waals surface area contributed by atoms with Crippen LogP contribution in [0.3, 0.4) is 0 Å². The molecule has 0 spiro atoms. The lowest BCUT2D eigenvalue weighted by Crippen LogP contribution is -2.15. The van der Waals surface area contributed by atoms with Gasteiger partial charge in [-0.1, -0.05) is 6.07 Å². The summed E-state index contributed by atoms with van der Waals surface area (Å²) >= 11 is 0. The fraction of sp³-hybridized carbons (Fsp3) is 0.133. The van der Waals surface area contributed by atoms with Gasteiger partial charge in [0.05, 0.1) is 22.3 Å². The van der Waals surface area contributed by atoms with E-state index in [4.69, 9.17) is 15.2 Å². The van der Waals surface area contributed by atoms with E-state index >= 15 is 0 Å². The van der Waals surface area contributed by atoms with Crippen molar-refractivity contribution >= 4 is 16.7 Å². The van der Waals surface area contributed by atoms with E-state index in [-0.39, 0.29) is 5.75 Å². The summed E-state index contributed by atoms with van der Waals surface area (Å²) in [5.74, 6) is 1.95. The molecule has 6 nitrogen and oxygen atoms in total. The van der Waals surface area contributed by atoms with Gasteiger partial charge in [-0.25, -0.2) is 4.98 Å². The van der Waals surface area contributed by atoms with Crippen molar-refractivity contribution in [3.05, 3.63) is 30.3 Å². The fourth-order valence-electron chi connectivity index (χ4n) is 2.43. The molecule has 6 heteroatoms. The van der Waals surface area contributed by atoms with Gasteiger partial charge in [-0.3, -0.25) is 0 Å². The quantitative estimate of drug-likeness (QED) is 0.470. The third kappa shape index (κ3) is 1.84. The number of aromatic nitrogens is 2. The lowest BCUT2D eigenvalue weighted by Gasteiger charge is -2.17. The number of imidazole rings is 1. The summed E-state index contributed by atoms with van der Waals surface area (Å²) in [4.78, 5) is 7.65. The van der Waals surface area contributed by atoms with Crippen LogP contribution in [0.15, 0.2) is 30.3 Å². The Balaban J connectivity index is 1.89. The van der Waals surface area contributed by atoms with E-state index in [1.807, 2.05) is 12.1 Å². The number of H-pyrrole nitrogens is 1. The molecule has 2 heterocycles. The largest absolute Gasteiger partial charge is 0.505 e. The van der Waals surface area contributed by atoms with Crippen LogP contribution in [0, 0.1) is 0 Å². The van der Waals surface area contributed by atoms with E-state index in [1.165, 1.54) is 0 Å². The molecule has 3 aromatic rings. The number of nitrogens with one attached hydrogen (secondary N) is 1. The molecule has 0 amide bonds. The van der Waals surface area contributed by atoms with Crippen molar-refractivity contribution in [3.8, 4) is 28.6 Å². The van der Waals surface area contributed by atoms with Crippen molar-refractivity contribution in [2.45, 2.75) is 0 Å². The van der Waals surface area contributed by atoms with Crippen molar-refractivity contribution < 1.29 is 14.6 Å². The van der Waals surface area contributed by atoms with Crippen LogP contribution >= 0.6 is 0 Å². The first-order valence-corrected chi connectivity index (χ1v) is 6.59. The number of phenols is 1. The lowest BCUT2D eigenvalue weighted by molar-refractivity contribution is 0.172. The first-order chi connectivity index (χ1) is 10.2. The number of para-hydroxylation sites is 1. The first kappa shape index (κ1) is 11.9. The maximum Gasteiger partial charge on any atom is 0.163 e. The number of aromatic amines is 1. The zero-order valence-corrected chi connectivity index (χ0v) is 11.1. The highest BCUT2D eigenvalue weighted by molar-refractivity contribution is 5.85. The van der Waals surface area contributed by atoms with Crippen LogP contribution in [-0.2, 0) is 0 Å². The molecule has 1 aromatic heterocycles. The summed E-state index contributed by atoms with van der Waals surface area (Å²) in [6.45, 7) is 1.07. The van der Waals surface area contributed by atoms with Crippen molar-refractivity contribution in [2.75, 3.05) is 18.9 Å². The van der Waals surface area contributed by atoms with Gasteiger partial charge in [0.15, 0.2) is 11.5 Å². The van der Waals surface area contributed by atoms with Crippen molar-refractivity contribution in [1.29, 1.82) is 0 Å². The summed E-state index contributed by atoms with van der Waals surface area (Å²) in [5.41, 5.74) is 8.16. The highest BCUT2D eigenvalue weighted by atomic mass is 16.6. The van der Waals surface area contributed by atoms with Gasteiger partial charge in [0.2, 0.25) is 0 Å². The minimum absolute atomic E-state index is 0.0221. The SMILES string of the molecule is Nc1cccc(-c2nc3cc4c(cc3[nH]2)OCCO4)c1O. The average Bonchev–Trinajstić information content (AvgIpc) is 2.90. The highest BCUT2D eigenvalue weighted by Crippen LogP contribution is 2.37. The zero-order chi connectivity index (χ0) is 14.4. The molecule has 4 rings (SSSR count). The Bertz CT molecular complexity index is 799. The summed E-state index contributed by atoms with van der Waals surface area (Å²) in [7, 11) is 0. The molecule has 0 saturated heterocycles. The summed E-state index contributed by atoms with van der Waals surface area (Å²) < 4.78 is 11.1. The predicted molar refractivity (Wildman–Crippen MR) is 78.6 cm³/mol. The molecule has 2 aromatic carbocycles. The number of nitrogens with zero attached hydrogens (tertiary/aromatic N) is 1. The zero-order valence-electron chi connectivity index (χ0n) is 11.1. The van der Waals surface area contributed by atoms with Gasteiger partial charge in [0.25, 0.3) is 0 Å². The molecule has 4 N–H and O–H groups in total. The number of ether oxygens (including phenoxy) is 2. The molecule has 0 fully saturated rings. The molecule has 1 aliphatic rings. The van der Waals surface area contributed by atoms with Gasteiger partial charge in [-0.15, -0.1) is 0 Å². The van der Waals surface area contributed by atoms with Crippen LogP contribution in [0.25, 0.3) is 22.4 Å². The smallest absolute Gasteiger partial charge is 0.163 e. The lowest BCUT2D eigenvalue weighted by atomic mass is 10.1. The van der Waals surface area contributed by atoms with Crippen molar-refractivity contribution in [1.82, 2.24) is 9.97 Å². The van der Waals surface area contributed by atoms with Gasteiger partial charge in [0, 0.05) is 12.1 Å². The summed E-state index contributed by atoms with van der Waals surface area (Å²) in [5, 5.41) is 10.1. The maximum absolute atomic E-state index is 10.1. The monoisotopic (exact) mass is 283 g/mol. The molecular formula is C15H13N3O3. The number of benzene rings is 2. The Morgan fingerprint density at radius 1 is 1.14 bits per heavy atom. The van der Waals surface area contributed by atoms with E-state index < -0.39 is 0 Å². The van der Waals surface area contributed by atoms with Crippen LogP contribution in [0.5, 0.6) is 17.2 Å². The van der Waals surface area contributed by atoms with E-state index in [1.54, 1.807) is 18.2 Å². The number of hydrogen-bond acceptors (Lipinski definition) is 5. The minimum Gasteiger partial charge on any atom is -0.505 e. The third-order valence-electron chi connectivity index (χ3n) is 3.47. The first-order valence-electron chi connectivity index (χ1n) is 6.59. The van der Waals surface area contributed by atoms with Gasteiger partial charge in [0.1, 0.15) is 24.8 Å². The minimum atomic E-state index is 0.0221. The van der Waals surface area contributed by atoms with E-state index in [9.17, 15) is 5.11 Å². The number of fused-ring (bicyclic) bond motifs is 2. The topological polar surface area (TPSA) is 93.4 Å². The van der Waals surface area contributed by atoms with Crippen LogP contribution in [0.2, 0.25) is 0 Å². The second-order valence-corrected chi connectivity index (χ2v) is 4.84. The molecule has 106 valence electrons. The normalized spacial score (nSPS) is 13.5. The molecule has 0 aliphatic carbocycles. The van der Waals surface area contributed by atoms with Crippen LogP contribution in [0.1, 0.15) is 0 Å². The summed E-state index contributed by atoms with van der Waals surface area (Å²) in [6, 6.07) is 8.85. The third-order valence-corrected chi connectivity index (χ3v) is 3.47. The number of aromatic hydroxyl groups is 1. The molecule has 0 saturated carbocycles. The van der Waals surface area contributed by atoms with Crippen LogP contribution in [-0.4, -0.2) is 28.3 Å². The van der Waals surface area contributed by atoms with Crippen LogP contribution in [0.4, 0.5) is 5.69 Å². The molecule has 0 bridgehead atoms. The van der Waals surface area contributed by atoms with Gasteiger partial charge in [-0.2, -0.15) is 0 Å². The van der Waals surface area contributed by atoms with E-state index in [0.717, 1.165) is 11.0 Å². The summed E-state index contributed by atoms with van der Waals surface area (Å²) in [6.07, 6.45) is 0. The number of hydrogen-bond donors (Lipinski definition) is 3. The molecule has 0 unspecified atom stereocenters. The maximum atomic E-state index is 10.1. The van der Waals surface area contributed by atoms with E-state index in [2.05, 4.69) is 9.97 Å². The predicted octanol–water partition coefficient (Wildman–Crippen LogP) is 2.29.